The fourth-order valence-electron chi connectivity index (χ4n) is 2.07. The molecule has 146 valence electrons. The summed E-state index contributed by atoms with van der Waals surface area (Å²) in [5.41, 5.74) is -0.00842. The van der Waals surface area contributed by atoms with Gasteiger partial charge in [-0.15, -0.1) is 0 Å². The Morgan fingerprint density at radius 1 is 1.41 bits per heavy atom. The summed E-state index contributed by atoms with van der Waals surface area (Å²) in [6.07, 6.45) is -3.46. The van der Waals surface area contributed by atoms with Gasteiger partial charge in [0.1, 0.15) is 18.6 Å². The van der Waals surface area contributed by atoms with Crippen molar-refractivity contribution in [3.05, 3.63) is 52.3 Å². The van der Waals surface area contributed by atoms with Crippen LogP contribution in [0.2, 0.25) is 0 Å². The molecule has 0 aliphatic rings. The summed E-state index contributed by atoms with van der Waals surface area (Å²) >= 11 is 0. The van der Waals surface area contributed by atoms with Gasteiger partial charge in [-0.25, -0.2) is 13.6 Å². The van der Waals surface area contributed by atoms with Crippen LogP contribution in [0.1, 0.15) is 22.3 Å². The van der Waals surface area contributed by atoms with Crippen molar-refractivity contribution in [2.24, 2.45) is 0 Å². The van der Waals surface area contributed by atoms with E-state index in [0.717, 1.165) is 11.9 Å². The number of hydrogen-bond acceptors (Lipinski definition) is 7. The van der Waals surface area contributed by atoms with Gasteiger partial charge in [0, 0.05) is 18.1 Å². The number of amides is 1. The lowest BCUT2D eigenvalue weighted by molar-refractivity contribution is -0.165. The second-order valence-electron chi connectivity index (χ2n) is 5.48. The number of anilines is 1. The lowest BCUT2D eigenvalue weighted by Gasteiger charge is -2.23. The first kappa shape index (κ1) is 20.6. The smallest absolute Gasteiger partial charge is 0.351 e. The Labute approximate surface area is 152 Å². The molecule has 0 aliphatic carbocycles. The average Bonchev–Trinajstić information content (AvgIpc) is 2.64. The number of hydrogen-bond donors (Lipinski definition) is 3. The van der Waals surface area contributed by atoms with E-state index < -0.39 is 43.6 Å². The van der Waals surface area contributed by atoms with Crippen LogP contribution in [0.25, 0.3) is 0 Å². The summed E-state index contributed by atoms with van der Waals surface area (Å²) in [6, 6.07) is 4.40. The molecule has 0 saturated heterocycles. The highest BCUT2D eigenvalue weighted by atomic mass is 19.1. The van der Waals surface area contributed by atoms with Crippen molar-refractivity contribution in [1.82, 2.24) is 14.5 Å². The SMILES string of the molecule is Cc1ccc(C(=O)Nc2ccn([C@@H](CF)O[C@H](CO)[C@@H](O)F)c(=O)n2)cn1. The summed E-state index contributed by atoms with van der Waals surface area (Å²) in [6.45, 7) is -0.407. The van der Waals surface area contributed by atoms with Crippen LogP contribution < -0.4 is 11.0 Å². The van der Waals surface area contributed by atoms with E-state index in [1.54, 1.807) is 19.1 Å². The lowest BCUT2D eigenvalue weighted by Crippen LogP contribution is -2.37. The molecule has 2 rings (SSSR count). The van der Waals surface area contributed by atoms with Gasteiger partial charge in [0.2, 0.25) is 6.36 Å². The quantitative estimate of drug-likeness (QED) is 0.599. The second-order valence-corrected chi connectivity index (χ2v) is 5.48. The highest BCUT2D eigenvalue weighted by Crippen LogP contribution is 2.14. The van der Waals surface area contributed by atoms with Crippen molar-refractivity contribution in [2.75, 3.05) is 18.6 Å². The number of aliphatic hydroxyl groups excluding tert-OH is 2. The zero-order valence-electron chi connectivity index (χ0n) is 14.2. The van der Waals surface area contributed by atoms with Crippen LogP contribution in [0.3, 0.4) is 0 Å². The molecule has 0 spiro atoms. The van der Waals surface area contributed by atoms with Crippen molar-refractivity contribution < 1.29 is 28.5 Å². The highest BCUT2D eigenvalue weighted by molar-refractivity contribution is 6.03. The average molecular weight is 384 g/mol. The Hall–Kier alpha value is -2.76. The standard InChI is InChI=1S/C16H18F2N4O5/c1-9-2-3-10(7-19-9)15(25)20-12-4-5-22(16(26)21-12)13(6-17)27-11(8-23)14(18)24/h2-5,7,11,13-14,23-24H,6,8H2,1H3,(H,20,21,25,26)/t11-,13-,14-/m1/s1. The maximum atomic E-state index is 13.2. The Kier molecular flexibility index (Phi) is 7.05. The Morgan fingerprint density at radius 3 is 2.67 bits per heavy atom. The topological polar surface area (TPSA) is 127 Å². The molecule has 2 aromatic rings. The van der Waals surface area contributed by atoms with Crippen LogP contribution in [0, 0.1) is 6.92 Å². The van der Waals surface area contributed by atoms with E-state index in [2.05, 4.69) is 15.3 Å². The molecule has 9 nitrogen and oxygen atoms in total. The normalized spacial score (nSPS) is 14.4. The fourth-order valence-corrected chi connectivity index (χ4v) is 2.07. The van der Waals surface area contributed by atoms with Crippen molar-refractivity contribution in [1.29, 1.82) is 0 Å². The van der Waals surface area contributed by atoms with Crippen molar-refractivity contribution in [3.63, 3.8) is 0 Å². The number of nitrogens with zero attached hydrogens (tertiary/aromatic N) is 3. The zero-order chi connectivity index (χ0) is 20.0. The third-order valence-electron chi connectivity index (χ3n) is 3.51. The monoisotopic (exact) mass is 384 g/mol. The van der Waals surface area contributed by atoms with Gasteiger partial charge in [-0.05, 0) is 25.1 Å². The van der Waals surface area contributed by atoms with Gasteiger partial charge >= 0.3 is 5.69 Å². The molecule has 0 bridgehead atoms. The predicted molar refractivity (Wildman–Crippen MR) is 89.5 cm³/mol. The fraction of sp³-hybridized carbons (Fsp3) is 0.375. The maximum absolute atomic E-state index is 13.2. The van der Waals surface area contributed by atoms with E-state index in [4.69, 9.17) is 14.9 Å². The van der Waals surface area contributed by atoms with Gasteiger partial charge in [-0.3, -0.25) is 14.3 Å². The van der Waals surface area contributed by atoms with Crippen LogP contribution >= 0.6 is 0 Å². The van der Waals surface area contributed by atoms with E-state index in [9.17, 15) is 18.4 Å². The van der Waals surface area contributed by atoms with E-state index in [0.29, 0.717) is 4.57 Å². The van der Waals surface area contributed by atoms with E-state index in [1.807, 2.05) is 0 Å². The summed E-state index contributed by atoms with van der Waals surface area (Å²) in [5.74, 6) is -0.644. The van der Waals surface area contributed by atoms with E-state index in [1.165, 1.54) is 12.3 Å². The summed E-state index contributed by atoms with van der Waals surface area (Å²) < 4.78 is 31.6. The minimum absolute atomic E-state index is 0.0938. The van der Waals surface area contributed by atoms with Crippen molar-refractivity contribution in [2.45, 2.75) is 25.6 Å². The number of alkyl halides is 2. The van der Waals surface area contributed by atoms with Crippen LogP contribution in [-0.4, -0.2) is 56.4 Å². The lowest BCUT2D eigenvalue weighted by atomic mass is 10.2. The van der Waals surface area contributed by atoms with Gasteiger partial charge < -0.3 is 20.3 Å². The molecular weight excluding hydrogens is 366 g/mol. The number of aliphatic hydroxyl groups is 2. The molecule has 11 heteroatoms. The Bertz CT molecular complexity index is 828. The van der Waals surface area contributed by atoms with Crippen LogP contribution in [-0.2, 0) is 4.74 Å². The van der Waals surface area contributed by atoms with Crippen LogP contribution in [0.4, 0.5) is 14.6 Å². The first-order valence-electron chi connectivity index (χ1n) is 7.83. The van der Waals surface area contributed by atoms with Gasteiger partial charge in [-0.1, -0.05) is 0 Å². The van der Waals surface area contributed by atoms with Crippen molar-refractivity contribution >= 4 is 11.7 Å². The predicted octanol–water partition coefficient (Wildman–Crippen LogP) is 0.333. The third-order valence-corrected chi connectivity index (χ3v) is 3.51. The Balaban J connectivity index is 2.15. The molecule has 2 aromatic heterocycles. The molecule has 3 atom stereocenters. The number of rotatable bonds is 8. The number of aryl methyl sites for hydroxylation is 1. The summed E-state index contributed by atoms with van der Waals surface area (Å²) in [4.78, 5) is 31.7. The number of halogens is 2. The molecule has 0 aliphatic heterocycles. The van der Waals surface area contributed by atoms with Gasteiger partial charge in [0.15, 0.2) is 6.23 Å². The highest BCUT2D eigenvalue weighted by Gasteiger charge is 2.25. The minimum atomic E-state index is -2.56. The molecule has 27 heavy (non-hydrogen) atoms. The maximum Gasteiger partial charge on any atom is 0.351 e. The molecule has 1 amide bonds. The molecule has 0 saturated carbocycles. The molecule has 0 fully saturated rings. The Morgan fingerprint density at radius 2 is 2.15 bits per heavy atom. The number of nitrogens with one attached hydrogen (secondary N) is 1. The van der Waals surface area contributed by atoms with Gasteiger partial charge in [-0.2, -0.15) is 4.98 Å². The molecule has 2 heterocycles. The number of aromatic nitrogens is 3. The first-order valence-corrected chi connectivity index (χ1v) is 7.83. The second kappa shape index (κ2) is 9.26. The zero-order valence-corrected chi connectivity index (χ0v) is 14.2. The minimum Gasteiger partial charge on any atom is -0.393 e. The molecule has 0 aromatic carbocycles. The van der Waals surface area contributed by atoms with Crippen LogP contribution in [0.5, 0.6) is 0 Å². The first-order chi connectivity index (χ1) is 12.8. The van der Waals surface area contributed by atoms with Crippen LogP contribution in [0.15, 0.2) is 35.4 Å². The number of pyridine rings is 1. The number of carbonyl (C=O) groups is 1. The van der Waals surface area contributed by atoms with E-state index >= 15 is 0 Å². The molecule has 3 N–H and O–H groups in total. The summed E-state index contributed by atoms with van der Waals surface area (Å²) in [5, 5.41) is 20.1. The van der Waals surface area contributed by atoms with E-state index in [-0.39, 0.29) is 11.4 Å². The van der Waals surface area contributed by atoms with Gasteiger partial charge in [0.25, 0.3) is 5.91 Å². The summed E-state index contributed by atoms with van der Waals surface area (Å²) in [7, 11) is 0. The molecular formula is C16H18F2N4O5. The molecule has 0 radical (unpaired) electrons. The third kappa shape index (κ3) is 5.36. The number of ether oxygens (including phenoxy) is 1. The van der Waals surface area contributed by atoms with Gasteiger partial charge in [0.05, 0.1) is 12.2 Å². The number of carbonyl (C=O) groups excluding carboxylic acids is 1. The molecule has 0 unspecified atom stereocenters. The van der Waals surface area contributed by atoms with Crippen molar-refractivity contribution in [3.8, 4) is 0 Å². The largest absolute Gasteiger partial charge is 0.393 e.